The Balaban J connectivity index is 1.40. The van der Waals surface area contributed by atoms with Gasteiger partial charge in [-0.2, -0.15) is 5.10 Å². The number of methoxy groups -OCH3 is 1. The largest absolute Gasteiger partial charge is 0.464 e. The molecule has 1 atom stereocenters. The molecule has 1 fully saturated rings. The van der Waals surface area contributed by atoms with Crippen molar-refractivity contribution in [2.45, 2.75) is 25.3 Å². The first-order chi connectivity index (χ1) is 14.2. The van der Waals surface area contributed by atoms with Crippen molar-refractivity contribution in [1.29, 1.82) is 0 Å². The minimum atomic E-state index is -0.488. The molecule has 0 bridgehead atoms. The normalized spacial score (nSPS) is 19.4. The summed E-state index contributed by atoms with van der Waals surface area (Å²) in [7, 11) is 1.32. The maximum Gasteiger partial charge on any atom is 0.356 e. The number of carbonyl (C=O) groups excluding carboxylic acids is 2. The maximum absolute atomic E-state index is 13.1. The lowest BCUT2D eigenvalue weighted by Gasteiger charge is -2.33. The first-order valence-electron chi connectivity index (χ1n) is 9.74. The molecule has 8 nitrogen and oxygen atoms in total. The lowest BCUT2D eigenvalue weighted by Crippen LogP contribution is -2.41. The predicted molar refractivity (Wildman–Crippen MR) is 107 cm³/mol. The van der Waals surface area contributed by atoms with Crippen LogP contribution in [0.25, 0.3) is 0 Å². The van der Waals surface area contributed by atoms with Gasteiger partial charge in [0.25, 0.3) is 0 Å². The Morgan fingerprint density at radius 1 is 1.10 bits per heavy atom. The lowest BCUT2D eigenvalue weighted by atomic mass is 9.94. The SMILES string of the molecule is COC(=O)c1ccnc(N2CCC(C(=O)N3N=CCC3c3ccccc3)CC2)n1. The van der Waals surface area contributed by atoms with Gasteiger partial charge in [-0.25, -0.2) is 19.8 Å². The fraction of sp³-hybridized carbons (Fsp3) is 0.381. The van der Waals surface area contributed by atoms with E-state index < -0.39 is 5.97 Å². The van der Waals surface area contributed by atoms with Crippen molar-refractivity contribution in [2.75, 3.05) is 25.1 Å². The molecule has 8 heteroatoms. The Labute approximate surface area is 169 Å². The highest BCUT2D eigenvalue weighted by Gasteiger charge is 2.35. The number of hydrogen-bond donors (Lipinski definition) is 0. The van der Waals surface area contributed by atoms with Crippen molar-refractivity contribution >= 4 is 24.0 Å². The lowest BCUT2D eigenvalue weighted by molar-refractivity contribution is -0.138. The van der Waals surface area contributed by atoms with Crippen molar-refractivity contribution in [3.05, 3.63) is 53.9 Å². The minimum Gasteiger partial charge on any atom is -0.464 e. The van der Waals surface area contributed by atoms with Gasteiger partial charge in [0.15, 0.2) is 5.69 Å². The summed E-state index contributed by atoms with van der Waals surface area (Å²) >= 11 is 0. The van der Waals surface area contributed by atoms with Crippen LogP contribution in [0.5, 0.6) is 0 Å². The molecule has 2 aliphatic rings. The highest BCUT2D eigenvalue weighted by molar-refractivity contribution is 5.87. The molecule has 0 radical (unpaired) electrons. The molecule has 150 valence electrons. The molecule has 0 N–H and O–H groups in total. The first-order valence-corrected chi connectivity index (χ1v) is 9.74. The number of ether oxygens (including phenoxy) is 1. The molecule has 29 heavy (non-hydrogen) atoms. The fourth-order valence-corrected chi connectivity index (χ4v) is 3.81. The molecule has 1 amide bonds. The van der Waals surface area contributed by atoms with Gasteiger partial charge in [0.1, 0.15) is 0 Å². The molecule has 1 aromatic carbocycles. The average Bonchev–Trinajstić information content (AvgIpc) is 3.29. The zero-order chi connectivity index (χ0) is 20.2. The third-order valence-electron chi connectivity index (χ3n) is 5.40. The van der Waals surface area contributed by atoms with Gasteiger partial charge in [-0.3, -0.25) is 4.79 Å². The fourth-order valence-electron chi connectivity index (χ4n) is 3.81. The number of aromatic nitrogens is 2. The van der Waals surface area contributed by atoms with Crippen molar-refractivity contribution in [2.24, 2.45) is 11.0 Å². The van der Waals surface area contributed by atoms with Crippen LogP contribution < -0.4 is 4.90 Å². The number of benzene rings is 1. The van der Waals surface area contributed by atoms with Crippen molar-refractivity contribution < 1.29 is 14.3 Å². The molecule has 0 aliphatic carbocycles. The van der Waals surface area contributed by atoms with Gasteiger partial charge >= 0.3 is 5.97 Å². The Morgan fingerprint density at radius 3 is 2.59 bits per heavy atom. The molecule has 0 spiro atoms. The summed E-state index contributed by atoms with van der Waals surface area (Å²) in [6, 6.07) is 11.5. The first kappa shape index (κ1) is 19.0. The van der Waals surface area contributed by atoms with E-state index in [1.165, 1.54) is 13.2 Å². The molecular weight excluding hydrogens is 370 g/mol. The second kappa shape index (κ2) is 8.38. The third kappa shape index (κ3) is 3.96. The molecule has 1 aromatic heterocycles. The van der Waals surface area contributed by atoms with Crippen LogP contribution in [-0.4, -0.2) is 53.3 Å². The summed E-state index contributed by atoms with van der Waals surface area (Å²) < 4.78 is 4.72. The monoisotopic (exact) mass is 393 g/mol. The van der Waals surface area contributed by atoms with E-state index in [4.69, 9.17) is 4.74 Å². The third-order valence-corrected chi connectivity index (χ3v) is 5.40. The van der Waals surface area contributed by atoms with Crippen LogP contribution in [0.1, 0.15) is 41.4 Å². The smallest absolute Gasteiger partial charge is 0.356 e. The van der Waals surface area contributed by atoms with Crippen LogP contribution in [0.3, 0.4) is 0 Å². The van der Waals surface area contributed by atoms with Gasteiger partial charge in [-0.05, 0) is 24.5 Å². The summed E-state index contributed by atoms with van der Waals surface area (Å²) in [5, 5.41) is 6.00. The number of esters is 1. The van der Waals surface area contributed by atoms with Crippen molar-refractivity contribution in [1.82, 2.24) is 15.0 Å². The molecule has 4 rings (SSSR count). The average molecular weight is 393 g/mol. The number of piperidine rings is 1. The van der Waals surface area contributed by atoms with Crippen LogP contribution in [-0.2, 0) is 9.53 Å². The standard InChI is InChI=1S/C21H23N5O3/c1-29-20(28)17-7-11-22-21(24-17)25-13-9-16(10-14-25)19(27)26-18(8-12-23-26)15-5-3-2-4-6-15/h2-7,11-12,16,18H,8-10,13-14H2,1H3. The highest BCUT2D eigenvalue weighted by atomic mass is 16.5. The van der Waals surface area contributed by atoms with E-state index in [9.17, 15) is 9.59 Å². The van der Waals surface area contributed by atoms with E-state index in [0.29, 0.717) is 31.9 Å². The zero-order valence-electron chi connectivity index (χ0n) is 16.3. The maximum atomic E-state index is 13.1. The number of hydrogen-bond acceptors (Lipinski definition) is 7. The van der Waals surface area contributed by atoms with E-state index in [2.05, 4.69) is 15.1 Å². The van der Waals surface area contributed by atoms with Gasteiger partial charge in [0, 0.05) is 37.8 Å². The van der Waals surface area contributed by atoms with Gasteiger partial charge in [0.2, 0.25) is 11.9 Å². The van der Waals surface area contributed by atoms with E-state index in [-0.39, 0.29) is 23.6 Å². The number of hydrazone groups is 1. The van der Waals surface area contributed by atoms with E-state index in [1.54, 1.807) is 11.2 Å². The highest BCUT2D eigenvalue weighted by Crippen LogP contribution is 2.32. The second-order valence-electron chi connectivity index (χ2n) is 7.14. The Bertz CT molecular complexity index is 910. The Kier molecular flexibility index (Phi) is 5.50. The number of carbonyl (C=O) groups is 2. The van der Waals surface area contributed by atoms with Gasteiger partial charge in [-0.15, -0.1) is 0 Å². The molecule has 2 aromatic rings. The summed E-state index contributed by atoms with van der Waals surface area (Å²) in [6.07, 6.45) is 5.49. The predicted octanol–water partition coefficient (Wildman–Crippen LogP) is 2.44. The summed E-state index contributed by atoms with van der Waals surface area (Å²) in [5.74, 6) is -0.0225. The van der Waals surface area contributed by atoms with E-state index in [1.807, 2.05) is 41.4 Å². The number of anilines is 1. The summed E-state index contributed by atoms with van der Waals surface area (Å²) in [4.78, 5) is 35.4. The number of nitrogens with zero attached hydrogens (tertiary/aromatic N) is 5. The van der Waals surface area contributed by atoms with Crippen LogP contribution in [0.15, 0.2) is 47.7 Å². The number of rotatable bonds is 4. The van der Waals surface area contributed by atoms with Crippen molar-refractivity contribution in [3.8, 4) is 0 Å². The quantitative estimate of drug-likeness (QED) is 0.742. The molecular formula is C21H23N5O3. The minimum absolute atomic E-state index is 0.0261. The topological polar surface area (TPSA) is 88.0 Å². The van der Waals surface area contributed by atoms with E-state index in [0.717, 1.165) is 12.0 Å². The molecule has 0 saturated carbocycles. The van der Waals surface area contributed by atoms with Crippen LogP contribution in [0.4, 0.5) is 5.95 Å². The van der Waals surface area contributed by atoms with Crippen molar-refractivity contribution in [3.63, 3.8) is 0 Å². The van der Waals surface area contributed by atoms with Gasteiger partial charge in [-0.1, -0.05) is 30.3 Å². The Morgan fingerprint density at radius 2 is 1.86 bits per heavy atom. The van der Waals surface area contributed by atoms with Gasteiger partial charge < -0.3 is 9.64 Å². The van der Waals surface area contributed by atoms with Crippen LogP contribution in [0, 0.1) is 5.92 Å². The molecule has 2 aliphatic heterocycles. The second-order valence-corrected chi connectivity index (χ2v) is 7.14. The molecule has 3 heterocycles. The Hall–Kier alpha value is -3.29. The van der Waals surface area contributed by atoms with E-state index >= 15 is 0 Å². The van der Waals surface area contributed by atoms with Gasteiger partial charge in [0.05, 0.1) is 13.2 Å². The summed E-state index contributed by atoms with van der Waals surface area (Å²) in [5.41, 5.74) is 1.33. The van der Waals surface area contributed by atoms with Crippen LogP contribution in [0.2, 0.25) is 0 Å². The molecule has 1 saturated heterocycles. The van der Waals surface area contributed by atoms with Crippen LogP contribution >= 0.6 is 0 Å². The number of amides is 1. The molecule has 1 unspecified atom stereocenters. The summed E-state index contributed by atoms with van der Waals surface area (Å²) in [6.45, 7) is 1.29. The zero-order valence-corrected chi connectivity index (χ0v) is 16.3.